The van der Waals surface area contributed by atoms with Gasteiger partial charge in [-0.1, -0.05) is 214 Å². The van der Waals surface area contributed by atoms with E-state index in [9.17, 15) is 77.0 Å². The molecule has 3 aromatic carbocycles. The molecule has 32 nitrogen and oxygen atoms in total. The highest BCUT2D eigenvalue weighted by atomic mass is 16.6. The zero-order chi connectivity index (χ0) is 101. The van der Waals surface area contributed by atoms with E-state index in [1.165, 1.54) is 59.5 Å². The Labute approximate surface area is 777 Å². The molecule has 0 spiro atoms. The Bertz CT molecular complexity index is 3750. The summed E-state index contributed by atoms with van der Waals surface area (Å²) in [5, 5.41) is 10.6. The van der Waals surface area contributed by atoms with Crippen LogP contribution in [0.4, 0.5) is 0 Å². The van der Waals surface area contributed by atoms with Crippen LogP contribution in [0.1, 0.15) is 314 Å². The van der Waals surface area contributed by atoms with Crippen molar-refractivity contribution < 1.29 is 148 Å². The molecule has 0 saturated carbocycles. The molecule has 0 saturated heterocycles. The molecule has 131 heavy (non-hydrogen) atoms. The van der Waals surface area contributed by atoms with Crippen molar-refractivity contribution in [1.82, 2.24) is 4.90 Å². The van der Waals surface area contributed by atoms with Gasteiger partial charge in [-0.3, -0.25) is 28.9 Å². The molecule has 0 unspecified atom stereocenters. The number of aliphatic hydroxyl groups is 1. The van der Waals surface area contributed by atoms with Crippen LogP contribution in [-0.4, -0.2) is 224 Å². The Balaban J connectivity index is 0. The Kier molecular flexibility index (Phi) is 61.9. The summed E-state index contributed by atoms with van der Waals surface area (Å²) in [6, 6.07) is 12.8. The summed E-state index contributed by atoms with van der Waals surface area (Å²) in [6.45, 7) is 59.9. The molecule has 0 aliphatic heterocycles. The van der Waals surface area contributed by atoms with Crippen LogP contribution >= 0.6 is 0 Å². The lowest BCUT2D eigenvalue weighted by Crippen LogP contribution is -2.45. The number of rotatable bonds is 50. The predicted molar refractivity (Wildman–Crippen MR) is 491 cm³/mol. The molecule has 3 rings (SSSR count). The van der Waals surface area contributed by atoms with Gasteiger partial charge in [-0.2, -0.15) is 0 Å². The van der Waals surface area contributed by atoms with Gasteiger partial charge in [0.25, 0.3) is 0 Å². The van der Waals surface area contributed by atoms with Crippen molar-refractivity contribution >= 4 is 89.5 Å². The first-order chi connectivity index (χ1) is 60.9. The van der Waals surface area contributed by atoms with Gasteiger partial charge < -0.3 is 76.2 Å². The van der Waals surface area contributed by atoms with Crippen LogP contribution < -0.4 is 0 Å². The van der Waals surface area contributed by atoms with Gasteiger partial charge in [0.1, 0.15) is 0 Å². The van der Waals surface area contributed by atoms with Crippen LogP contribution in [0.2, 0.25) is 0 Å². The molecular formula is C99H155NO31. The summed E-state index contributed by atoms with van der Waals surface area (Å²) in [5.41, 5.74) is -1.78. The van der Waals surface area contributed by atoms with Gasteiger partial charge in [0.05, 0.1) is 182 Å². The van der Waals surface area contributed by atoms with Crippen LogP contribution in [0, 0.1) is 88.8 Å². The average Bonchev–Trinajstić information content (AvgIpc) is 0.714. The molecule has 3 aromatic rings. The molecular weight excluding hydrogens is 1700 g/mol. The SMILES string of the molecule is CC(C)COC(=O)CC(O)(CC(=O)OCC(C)C)C(=O)OCC(C)C.CC(C)COC(=O)CN(CC(=O)OCC(C)C)CC(=O)OCC(C)C.CC(C)COC(=O)c1cc(C(=O)OCC(C)C)cc(C(=O)OCC(C)C)c1.CC(C)COC(=O)c1ccc(C(=O)OCC(C)C)c(C(=O)OCC(C)C)c1.CC(C)COC(=O)c1cccc(C(=O)OCC(C)C)c1C(=O)OCC(C)C. The Morgan fingerprint density at radius 1 is 0.229 bits per heavy atom. The topological polar surface area (TPSA) is 418 Å². The minimum absolute atomic E-state index is 0.00315. The minimum Gasteiger partial charge on any atom is -0.465 e. The van der Waals surface area contributed by atoms with Crippen LogP contribution in [0.25, 0.3) is 0 Å². The summed E-state index contributed by atoms with van der Waals surface area (Å²) < 4.78 is 77.4. The van der Waals surface area contributed by atoms with Crippen molar-refractivity contribution in [2.24, 2.45) is 88.8 Å². The fourth-order valence-corrected chi connectivity index (χ4v) is 9.32. The summed E-state index contributed by atoms with van der Waals surface area (Å²) in [6.07, 6.45) is -1.32. The molecule has 742 valence electrons. The molecule has 0 radical (unpaired) electrons. The molecule has 0 heterocycles. The number of nitrogens with zero attached hydrogens (tertiary/aromatic N) is 1. The minimum atomic E-state index is -2.29. The highest BCUT2D eigenvalue weighted by Crippen LogP contribution is 2.25. The third-order valence-electron chi connectivity index (χ3n) is 15.7. The Hall–Kier alpha value is -10.4. The van der Waals surface area contributed by atoms with E-state index in [1.54, 1.807) is 0 Å². The van der Waals surface area contributed by atoms with Gasteiger partial charge in [-0.05, 0) is 137 Å². The highest BCUT2D eigenvalue weighted by Gasteiger charge is 2.44. The molecule has 0 aliphatic rings. The molecule has 0 atom stereocenters. The van der Waals surface area contributed by atoms with E-state index in [2.05, 4.69) is 0 Å². The zero-order valence-electron chi connectivity index (χ0n) is 83.6. The lowest BCUT2D eigenvalue weighted by molar-refractivity contribution is -0.179. The molecule has 0 bridgehead atoms. The fourth-order valence-electron chi connectivity index (χ4n) is 9.32. The van der Waals surface area contributed by atoms with E-state index >= 15 is 0 Å². The van der Waals surface area contributed by atoms with Crippen molar-refractivity contribution in [2.75, 3.05) is 119 Å². The first-order valence-electron chi connectivity index (χ1n) is 45.3. The van der Waals surface area contributed by atoms with E-state index < -0.39 is 108 Å². The third kappa shape index (κ3) is 58.9. The van der Waals surface area contributed by atoms with E-state index in [1.807, 2.05) is 208 Å². The van der Waals surface area contributed by atoms with Gasteiger partial charge in [0, 0.05) is 0 Å². The van der Waals surface area contributed by atoms with Crippen molar-refractivity contribution in [1.29, 1.82) is 0 Å². The van der Waals surface area contributed by atoms with Crippen LogP contribution in [-0.2, 0) is 99.8 Å². The maximum absolute atomic E-state index is 12.6. The van der Waals surface area contributed by atoms with Crippen LogP contribution in [0.15, 0.2) is 54.6 Å². The Morgan fingerprint density at radius 3 is 0.695 bits per heavy atom. The smallest absolute Gasteiger partial charge is 0.339 e. The summed E-state index contributed by atoms with van der Waals surface area (Å²) in [4.78, 5) is 185. The second-order valence-corrected chi connectivity index (χ2v) is 38.1. The Morgan fingerprint density at radius 2 is 0.435 bits per heavy atom. The first-order valence-corrected chi connectivity index (χ1v) is 45.3. The number of hydrogen-bond donors (Lipinski definition) is 1. The van der Waals surface area contributed by atoms with Crippen molar-refractivity contribution in [3.8, 4) is 0 Å². The third-order valence-corrected chi connectivity index (χ3v) is 15.7. The predicted octanol–water partition coefficient (Wildman–Crippen LogP) is 16.4. The van der Waals surface area contributed by atoms with Crippen molar-refractivity contribution in [3.63, 3.8) is 0 Å². The van der Waals surface area contributed by atoms with E-state index in [4.69, 9.17) is 71.1 Å². The fraction of sp³-hybridized carbons (Fsp3) is 0.667. The standard InChI is InChI=1S/3C21H30O6.C18H33NO6.C18H32O7/c1-13(2)10-25-19(22)16-7-17(20(23)26-11-14(3)4)9-18(8-16)21(24)27-12-15(5)6;1-13(2)10-25-19(22)16-7-8-17(20(23)26-11-14(3)4)18(9-16)21(24)27-12-15(5)6;1-13(2)10-25-19(22)16-8-7-9-17(20(23)26-11-14(3)4)18(16)21(24)27-12-15(5)6;1-13(2)10-23-16(20)7-19(8-17(21)24-11-14(3)4)9-18(22)25-12-15(5)6;1-12(2)9-23-15(19)7-18(22,17(21)25-11-14(5)6)8-16(20)24-10-13(3)4/h3*7-9,13-15H,10-12H2,1-6H3;13-15H,7-12H2,1-6H3;12-14,22H,7-11H2,1-6H3. The van der Waals surface area contributed by atoms with Gasteiger partial charge in [-0.15, -0.1) is 0 Å². The molecule has 1 N–H and O–H groups in total. The number of carbonyl (C=O) groups is 15. The average molecular weight is 1860 g/mol. The van der Waals surface area contributed by atoms with Gasteiger partial charge in [-0.25, -0.2) is 47.9 Å². The molecule has 0 amide bonds. The monoisotopic (exact) mass is 1850 g/mol. The highest BCUT2D eigenvalue weighted by molar-refractivity contribution is 6.11. The summed E-state index contributed by atoms with van der Waals surface area (Å²) >= 11 is 0. The first kappa shape index (κ1) is 123. The molecule has 0 aromatic heterocycles. The van der Waals surface area contributed by atoms with E-state index in [0.717, 1.165) is 0 Å². The number of benzene rings is 3. The molecule has 32 heteroatoms. The number of ether oxygens (including phenoxy) is 15. The second kappa shape index (κ2) is 66.1. The quantitative estimate of drug-likeness (QED) is 0.0405. The number of esters is 15. The number of hydrogen-bond acceptors (Lipinski definition) is 32. The summed E-state index contributed by atoms with van der Waals surface area (Å²) in [7, 11) is 0. The zero-order valence-corrected chi connectivity index (χ0v) is 83.6. The normalized spacial score (nSPS) is 11.2. The second-order valence-electron chi connectivity index (χ2n) is 38.1. The lowest BCUT2D eigenvalue weighted by Gasteiger charge is -2.25. The van der Waals surface area contributed by atoms with E-state index in [-0.39, 0.29) is 238 Å². The van der Waals surface area contributed by atoms with Gasteiger partial charge in [0.15, 0.2) is 5.60 Å². The van der Waals surface area contributed by atoms with Crippen LogP contribution in [0.3, 0.4) is 0 Å². The van der Waals surface area contributed by atoms with E-state index in [0.29, 0.717) is 19.8 Å². The maximum atomic E-state index is 12.6. The number of carbonyl (C=O) groups excluding carboxylic acids is 15. The molecule has 0 aliphatic carbocycles. The van der Waals surface area contributed by atoms with Gasteiger partial charge >= 0.3 is 89.5 Å². The van der Waals surface area contributed by atoms with Gasteiger partial charge in [0.2, 0.25) is 0 Å². The van der Waals surface area contributed by atoms with Crippen LogP contribution in [0.5, 0.6) is 0 Å². The summed E-state index contributed by atoms with van der Waals surface area (Å²) in [5.74, 6) is -7.40. The molecule has 0 fully saturated rings. The lowest BCUT2D eigenvalue weighted by atomic mass is 9.95. The van der Waals surface area contributed by atoms with Crippen molar-refractivity contribution in [2.45, 2.75) is 226 Å². The van der Waals surface area contributed by atoms with Crippen molar-refractivity contribution in [3.05, 3.63) is 105 Å². The maximum Gasteiger partial charge on any atom is 0.339 e. The largest absolute Gasteiger partial charge is 0.465 e.